The van der Waals surface area contributed by atoms with Crippen molar-refractivity contribution in [3.63, 3.8) is 0 Å². The van der Waals surface area contributed by atoms with E-state index in [0.717, 1.165) is 16.8 Å². The van der Waals surface area contributed by atoms with Gasteiger partial charge in [0.1, 0.15) is 5.82 Å². The fraction of sp³-hybridized carbons (Fsp3) is 0.0385. The summed E-state index contributed by atoms with van der Waals surface area (Å²) in [4.78, 5) is 24.4. The van der Waals surface area contributed by atoms with E-state index in [4.69, 9.17) is 4.74 Å². The van der Waals surface area contributed by atoms with Gasteiger partial charge in [0.05, 0.1) is 11.4 Å². The van der Waals surface area contributed by atoms with Crippen molar-refractivity contribution in [3.8, 4) is 16.9 Å². The highest BCUT2D eigenvalue weighted by atomic mass is 16.5. The number of esters is 1. The van der Waals surface area contributed by atoms with Crippen LogP contribution in [0.5, 0.6) is 0 Å². The zero-order valence-electron chi connectivity index (χ0n) is 17.2. The molecule has 1 N–H and O–H groups in total. The summed E-state index contributed by atoms with van der Waals surface area (Å²) in [7, 11) is 0. The Morgan fingerprint density at radius 3 is 2.19 bits per heavy atom. The van der Waals surface area contributed by atoms with Crippen LogP contribution in [-0.2, 0) is 14.3 Å². The molecule has 3 aromatic carbocycles. The molecule has 4 aromatic rings. The molecule has 4 rings (SSSR count). The molecule has 0 bridgehead atoms. The van der Waals surface area contributed by atoms with Crippen LogP contribution in [0.2, 0.25) is 0 Å². The highest BCUT2D eigenvalue weighted by molar-refractivity contribution is 5.94. The molecule has 158 valence electrons. The number of carbonyl (C=O) groups excluding carboxylic acids is 2. The maximum absolute atomic E-state index is 12.5. The van der Waals surface area contributed by atoms with Crippen LogP contribution < -0.4 is 5.32 Å². The molecule has 1 heterocycles. The smallest absolute Gasteiger partial charge is 0.331 e. The van der Waals surface area contributed by atoms with Gasteiger partial charge >= 0.3 is 5.97 Å². The van der Waals surface area contributed by atoms with Crippen molar-refractivity contribution in [1.82, 2.24) is 9.78 Å². The Balaban J connectivity index is 1.45. The van der Waals surface area contributed by atoms with E-state index in [2.05, 4.69) is 10.4 Å². The Kier molecular flexibility index (Phi) is 6.53. The first-order valence-corrected chi connectivity index (χ1v) is 10.1. The molecule has 0 spiro atoms. The normalized spacial score (nSPS) is 10.8. The summed E-state index contributed by atoms with van der Waals surface area (Å²) in [5.41, 5.74) is 3.31. The zero-order chi connectivity index (χ0) is 22.2. The van der Waals surface area contributed by atoms with Crippen molar-refractivity contribution in [2.75, 3.05) is 11.9 Å². The first kappa shape index (κ1) is 20.8. The fourth-order valence-electron chi connectivity index (χ4n) is 3.08. The lowest BCUT2D eigenvalue weighted by atomic mass is 10.2. The number of anilines is 1. The highest BCUT2D eigenvalue weighted by Gasteiger charge is 2.14. The van der Waals surface area contributed by atoms with Gasteiger partial charge in [0.15, 0.2) is 6.61 Å². The number of hydrogen-bond acceptors (Lipinski definition) is 4. The minimum Gasteiger partial charge on any atom is -0.452 e. The van der Waals surface area contributed by atoms with Crippen molar-refractivity contribution in [2.45, 2.75) is 0 Å². The molecule has 0 fully saturated rings. The van der Waals surface area contributed by atoms with Crippen LogP contribution in [0.25, 0.3) is 23.0 Å². The van der Waals surface area contributed by atoms with E-state index in [1.165, 1.54) is 6.08 Å². The first-order chi connectivity index (χ1) is 15.7. The number of nitrogens with zero attached hydrogens (tertiary/aromatic N) is 2. The summed E-state index contributed by atoms with van der Waals surface area (Å²) in [5.74, 6) is -0.565. The molecule has 6 heteroatoms. The number of amides is 1. The molecule has 0 atom stereocenters. The quantitative estimate of drug-likeness (QED) is 0.344. The van der Waals surface area contributed by atoms with Gasteiger partial charge in [0.25, 0.3) is 5.91 Å². The largest absolute Gasteiger partial charge is 0.452 e. The van der Waals surface area contributed by atoms with E-state index < -0.39 is 18.5 Å². The first-order valence-electron chi connectivity index (χ1n) is 10.1. The number of carbonyl (C=O) groups is 2. The molecule has 6 nitrogen and oxygen atoms in total. The van der Waals surface area contributed by atoms with Crippen LogP contribution >= 0.6 is 0 Å². The Hall–Kier alpha value is -4.45. The molecular weight excluding hydrogens is 402 g/mol. The molecule has 0 saturated carbocycles. The summed E-state index contributed by atoms with van der Waals surface area (Å²) in [6.45, 7) is -0.404. The van der Waals surface area contributed by atoms with E-state index in [0.29, 0.717) is 11.5 Å². The van der Waals surface area contributed by atoms with Crippen LogP contribution in [0.15, 0.2) is 103 Å². The van der Waals surface area contributed by atoms with E-state index in [1.54, 1.807) is 16.8 Å². The summed E-state index contributed by atoms with van der Waals surface area (Å²) in [6, 6.07) is 30.3. The standard InChI is InChI=1S/C26H21N3O3/c30-25(19-32-26(31)17-16-20-10-4-1-5-11-20)27-24-18-23(21-12-6-2-7-13-21)28-29(24)22-14-8-3-9-15-22/h1-18H,19H2,(H,27,30). The molecular formula is C26H21N3O3. The molecule has 0 unspecified atom stereocenters. The summed E-state index contributed by atoms with van der Waals surface area (Å²) in [5, 5.41) is 7.43. The van der Waals surface area contributed by atoms with Gasteiger partial charge in [-0.3, -0.25) is 4.79 Å². The van der Waals surface area contributed by atoms with Crippen LogP contribution in [0.4, 0.5) is 5.82 Å². The Labute approximate surface area is 185 Å². The maximum atomic E-state index is 12.5. The molecule has 0 aliphatic rings. The number of aromatic nitrogens is 2. The Morgan fingerprint density at radius 2 is 1.50 bits per heavy atom. The number of ether oxygens (including phenoxy) is 1. The third-order valence-corrected chi connectivity index (χ3v) is 4.60. The van der Waals surface area contributed by atoms with Gasteiger partial charge in [0, 0.05) is 17.7 Å². The van der Waals surface area contributed by atoms with Gasteiger partial charge in [-0.2, -0.15) is 5.10 Å². The number of rotatable bonds is 7. The third-order valence-electron chi connectivity index (χ3n) is 4.60. The molecule has 0 radical (unpaired) electrons. The second-order valence-electron chi connectivity index (χ2n) is 6.93. The minimum absolute atomic E-state index is 0.404. The number of hydrogen-bond donors (Lipinski definition) is 1. The minimum atomic E-state index is -0.592. The zero-order valence-corrected chi connectivity index (χ0v) is 17.2. The van der Waals surface area contributed by atoms with E-state index in [1.807, 2.05) is 91.0 Å². The van der Waals surface area contributed by atoms with Crippen LogP contribution in [0, 0.1) is 0 Å². The van der Waals surface area contributed by atoms with Crippen molar-refractivity contribution >= 4 is 23.8 Å². The van der Waals surface area contributed by atoms with Crippen molar-refractivity contribution in [2.24, 2.45) is 0 Å². The molecule has 0 saturated heterocycles. The summed E-state index contributed by atoms with van der Waals surface area (Å²) < 4.78 is 6.72. The molecule has 1 aromatic heterocycles. The Morgan fingerprint density at radius 1 is 0.875 bits per heavy atom. The van der Waals surface area contributed by atoms with Crippen molar-refractivity contribution in [1.29, 1.82) is 0 Å². The predicted molar refractivity (Wildman–Crippen MR) is 124 cm³/mol. The average molecular weight is 423 g/mol. The van der Waals surface area contributed by atoms with Gasteiger partial charge in [-0.05, 0) is 23.8 Å². The van der Waals surface area contributed by atoms with Gasteiger partial charge in [-0.25, -0.2) is 9.48 Å². The third kappa shape index (κ3) is 5.37. The summed E-state index contributed by atoms with van der Waals surface area (Å²) >= 11 is 0. The predicted octanol–water partition coefficient (Wildman–Crippen LogP) is 4.73. The molecule has 0 aliphatic heterocycles. The number of nitrogens with one attached hydrogen (secondary N) is 1. The Bertz CT molecular complexity index is 1220. The lowest BCUT2D eigenvalue weighted by Crippen LogP contribution is -2.21. The summed E-state index contributed by atoms with van der Waals surface area (Å²) in [6.07, 6.45) is 2.93. The van der Waals surface area contributed by atoms with E-state index in [9.17, 15) is 9.59 Å². The van der Waals surface area contributed by atoms with Gasteiger partial charge in [0.2, 0.25) is 0 Å². The lowest BCUT2D eigenvalue weighted by molar-refractivity contribution is -0.142. The molecule has 0 aliphatic carbocycles. The second kappa shape index (κ2) is 10.0. The number of benzene rings is 3. The topological polar surface area (TPSA) is 73.2 Å². The van der Waals surface area contributed by atoms with Gasteiger partial charge in [-0.15, -0.1) is 0 Å². The second-order valence-corrected chi connectivity index (χ2v) is 6.93. The molecule has 32 heavy (non-hydrogen) atoms. The maximum Gasteiger partial charge on any atom is 0.331 e. The van der Waals surface area contributed by atoms with Gasteiger partial charge in [-0.1, -0.05) is 78.9 Å². The van der Waals surface area contributed by atoms with E-state index in [-0.39, 0.29) is 0 Å². The molecule has 1 amide bonds. The van der Waals surface area contributed by atoms with Gasteiger partial charge < -0.3 is 10.1 Å². The SMILES string of the molecule is O=C(COC(=O)C=Cc1ccccc1)Nc1cc(-c2ccccc2)nn1-c1ccccc1. The number of para-hydroxylation sites is 1. The van der Waals surface area contributed by atoms with E-state index >= 15 is 0 Å². The highest BCUT2D eigenvalue weighted by Crippen LogP contribution is 2.24. The van der Waals surface area contributed by atoms with Crippen LogP contribution in [0.1, 0.15) is 5.56 Å². The van der Waals surface area contributed by atoms with Crippen molar-refractivity contribution < 1.29 is 14.3 Å². The van der Waals surface area contributed by atoms with Crippen LogP contribution in [0.3, 0.4) is 0 Å². The fourth-order valence-corrected chi connectivity index (χ4v) is 3.08. The van der Waals surface area contributed by atoms with Crippen molar-refractivity contribution in [3.05, 3.63) is 109 Å². The lowest BCUT2D eigenvalue weighted by Gasteiger charge is -2.08. The monoisotopic (exact) mass is 423 g/mol. The van der Waals surface area contributed by atoms with Crippen LogP contribution in [-0.4, -0.2) is 28.3 Å². The average Bonchev–Trinajstić information content (AvgIpc) is 3.27.